The van der Waals surface area contributed by atoms with E-state index in [0.29, 0.717) is 0 Å². The number of nitrogens with zero attached hydrogens (tertiary/aromatic N) is 5. The molecule has 0 bridgehead atoms. The van der Waals surface area contributed by atoms with E-state index in [0.717, 1.165) is 27.8 Å². The quantitative estimate of drug-likeness (QED) is 0.139. The van der Waals surface area contributed by atoms with Crippen LogP contribution in [0, 0.1) is 13.8 Å². The Bertz CT molecular complexity index is 3720. The lowest BCUT2D eigenvalue weighted by Crippen LogP contribution is -2.30. The summed E-state index contributed by atoms with van der Waals surface area (Å²) in [5.74, 6) is 0. The summed E-state index contributed by atoms with van der Waals surface area (Å²) in [4.78, 5) is 3.69. The molecule has 316 valence electrons. The lowest BCUT2D eigenvalue weighted by molar-refractivity contribution is -0.660. The van der Waals surface area contributed by atoms with Crippen molar-refractivity contribution in [1.82, 2.24) is 9.13 Å². The van der Waals surface area contributed by atoms with E-state index >= 15 is 0 Å². The van der Waals surface area contributed by atoms with Crippen LogP contribution >= 0.6 is 11.3 Å². The summed E-state index contributed by atoms with van der Waals surface area (Å²) in [6.07, 6.45) is 4.25. The molecule has 0 amide bonds. The average molecular weight is 870 g/mol. The van der Waals surface area contributed by atoms with Gasteiger partial charge in [-0.25, -0.2) is 9.13 Å². The van der Waals surface area contributed by atoms with E-state index in [9.17, 15) is 0 Å². The normalized spacial score (nSPS) is 11.6. The first-order chi connectivity index (χ1) is 32.4. The number of benzene rings is 7. The van der Waals surface area contributed by atoms with Gasteiger partial charge >= 0.3 is 0 Å². The van der Waals surface area contributed by atoms with Crippen molar-refractivity contribution in [3.8, 4) is 44.3 Å². The second-order valence-corrected chi connectivity index (χ2v) is 18.3. The lowest BCUT2D eigenvalue weighted by Gasteiger charge is -2.28. The van der Waals surface area contributed by atoms with Crippen LogP contribution in [-0.2, 0) is 14.1 Å². The first kappa shape index (κ1) is 39.5. The van der Waals surface area contributed by atoms with Gasteiger partial charge in [0.1, 0.15) is 19.1 Å². The van der Waals surface area contributed by atoms with Crippen molar-refractivity contribution in [1.29, 1.82) is 0 Å². The minimum Gasteiger partial charge on any atom is -0.309 e. The van der Waals surface area contributed by atoms with Gasteiger partial charge in [-0.1, -0.05) is 72.8 Å². The summed E-state index contributed by atoms with van der Waals surface area (Å²) in [5, 5.41) is 6.09. The molecule has 0 fully saturated rings. The average Bonchev–Trinajstić information content (AvgIpc) is 4.06. The molecule has 5 aromatic heterocycles. The zero-order valence-corrected chi connectivity index (χ0v) is 38.2. The van der Waals surface area contributed by atoms with Crippen LogP contribution < -0.4 is 14.0 Å². The van der Waals surface area contributed by atoms with Crippen LogP contribution in [0.4, 0.5) is 16.4 Å². The number of thiophene rings is 1. The van der Waals surface area contributed by atoms with Crippen molar-refractivity contribution in [2.45, 2.75) is 13.8 Å². The Balaban J connectivity index is 1.06. The number of hydrogen-bond donors (Lipinski definition) is 0. The molecule has 0 spiro atoms. The van der Waals surface area contributed by atoms with E-state index in [1.165, 1.54) is 87.7 Å². The predicted octanol–water partition coefficient (Wildman–Crippen LogP) is 14.7. The van der Waals surface area contributed by atoms with Crippen molar-refractivity contribution in [3.63, 3.8) is 0 Å². The van der Waals surface area contributed by atoms with Crippen molar-refractivity contribution in [3.05, 3.63) is 224 Å². The molecule has 12 rings (SSSR count). The van der Waals surface area contributed by atoms with Gasteiger partial charge in [-0.2, -0.15) is 0 Å². The zero-order chi connectivity index (χ0) is 44.5. The summed E-state index contributed by atoms with van der Waals surface area (Å²) in [5.41, 5.74) is 17.8. The maximum absolute atomic E-state index is 2.48. The van der Waals surface area contributed by atoms with Gasteiger partial charge in [0.25, 0.3) is 0 Å². The Morgan fingerprint density at radius 2 is 0.909 bits per heavy atom. The molecule has 0 aliphatic carbocycles. The smallest absolute Gasteiger partial charge is 0.212 e. The van der Waals surface area contributed by atoms with Crippen LogP contribution in [0.5, 0.6) is 0 Å². The Kier molecular flexibility index (Phi) is 9.51. The van der Waals surface area contributed by atoms with Gasteiger partial charge in [0, 0.05) is 62.1 Å². The van der Waals surface area contributed by atoms with Gasteiger partial charge in [-0.05, 0) is 134 Å². The third kappa shape index (κ3) is 6.36. The summed E-state index contributed by atoms with van der Waals surface area (Å²) in [7, 11) is 4.25. The maximum atomic E-state index is 2.48. The monoisotopic (exact) mass is 869 g/mol. The lowest BCUT2D eigenvalue weighted by atomic mass is 9.99. The first-order valence-corrected chi connectivity index (χ1v) is 23.4. The number of anilines is 3. The van der Waals surface area contributed by atoms with Gasteiger partial charge < -0.3 is 14.0 Å². The van der Waals surface area contributed by atoms with Crippen LogP contribution in [0.1, 0.15) is 11.1 Å². The standard InChI is InChI=1S/C60H47N5S/c1-40-45(53-26-13-15-35-61(53)3)24-17-29-51(40)65(52-30-18-25-46(41(52)2)54-27-14-16-36-62(54)4)60-34-33-59(66-60)42-31-32-56-48(37-42)50-39-57-49(38-58(50)64(56)44-21-9-6-10-22-44)47-23-11-12-28-55(47)63(57)43-19-7-5-8-20-43/h5-39H,1-4H3/q+2. The molecule has 0 unspecified atom stereocenters. The molecule has 5 heterocycles. The molecule has 5 nitrogen and oxygen atoms in total. The minimum atomic E-state index is 1.15. The zero-order valence-electron chi connectivity index (χ0n) is 37.4. The van der Waals surface area contributed by atoms with E-state index < -0.39 is 0 Å². The molecule has 0 radical (unpaired) electrons. The number of aryl methyl sites for hydroxylation is 2. The second kappa shape index (κ2) is 15.9. The third-order valence-electron chi connectivity index (χ3n) is 13.4. The number of para-hydroxylation sites is 3. The van der Waals surface area contributed by atoms with Crippen LogP contribution in [-0.4, -0.2) is 9.13 Å². The third-order valence-corrected chi connectivity index (χ3v) is 14.6. The highest BCUT2D eigenvalue weighted by molar-refractivity contribution is 7.19. The van der Waals surface area contributed by atoms with Crippen LogP contribution in [0.2, 0.25) is 0 Å². The molecular weight excluding hydrogens is 823 g/mol. The Labute approximate surface area is 388 Å². The largest absolute Gasteiger partial charge is 0.309 e. The van der Waals surface area contributed by atoms with Crippen LogP contribution in [0.15, 0.2) is 213 Å². The Morgan fingerprint density at radius 1 is 0.409 bits per heavy atom. The maximum Gasteiger partial charge on any atom is 0.212 e. The predicted molar refractivity (Wildman–Crippen MR) is 276 cm³/mol. The van der Waals surface area contributed by atoms with E-state index in [1.807, 2.05) is 11.3 Å². The molecule has 0 saturated heterocycles. The fourth-order valence-corrected chi connectivity index (χ4v) is 11.2. The van der Waals surface area contributed by atoms with Gasteiger partial charge in [-0.15, -0.1) is 11.3 Å². The number of aromatic nitrogens is 4. The van der Waals surface area contributed by atoms with Crippen molar-refractivity contribution in [2.75, 3.05) is 4.90 Å². The van der Waals surface area contributed by atoms with Crippen molar-refractivity contribution < 1.29 is 9.13 Å². The summed E-state index contributed by atoms with van der Waals surface area (Å²) < 4.78 is 9.27. The summed E-state index contributed by atoms with van der Waals surface area (Å²) in [6, 6.07) is 73.1. The molecular formula is C60H47N5S+2. The fraction of sp³-hybridized carbons (Fsp3) is 0.0667. The second-order valence-electron chi connectivity index (χ2n) is 17.2. The Morgan fingerprint density at radius 3 is 1.48 bits per heavy atom. The van der Waals surface area contributed by atoms with E-state index in [2.05, 4.69) is 264 Å². The number of hydrogen-bond acceptors (Lipinski definition) is 2. The van der Waals surface area contributed by atoms with Crippen molar-refractivity contribution >= 4 is 71.3 Å². The molecule has 12 aromatic rings. The van der Waals surface area contributed by atoms with Gasteiger partial charge in [-0.3, -0.25) is 0 Å². The highest BCUT2D eigenvalue weighted by Crippen LogP contribution is 2.47. The van der Waals surface area contributed by atoms with Crippen LogP contribution in [0.25, 0.3) is 87.9 Å². The molecule has 0 aliphatic rings. The highest BCUT2D eigenvalue weighted by atomic mass is 32.1. The summed E-state index contributed by atoms with van der Waals surface area (Å²) in [6.45, 7) is 4.53. The number of fused-ring (bicyclic) bond motifs is 6. The Hall–Kier alpha value is -8.06. The van der Waals surface area contributed by atoms with Crippen LogP contribution in [0.3, 0.4) is 0 Å². The van der Waals surface area contributed by atoms with Gasteiger partial charge in [0.2, 0.25) is 11.4 Å². The van der Waals surface area contributed by atoms with Gasteiger partial charge in [0.05, 0.1) is 44.6 Å². The minimum absolute atomic E-state index is 1.15. The molecule has 0 aliphatic heterocycles. The number of pyridine rings is 2. The van der Waals surface area contributed by atoms with E-state index in [-0.39, 0.29) is 0 Å². The number of rotatable bonds is 8. The topological polar surface area (TPSA) is 20.9 Å². The first-order valence-electron chi connectivity index (χ1n) is 22.5. The summed E-state index contributed by atoms with van der Waals surface area (Å²) >= 11 is 1.84. The molecule has 0 saturated carbocycles. The molecule has 0 atom stereocenters. The highest BCUT2D eigenvalue weighted by Gasteiger charge is 2.25. The van der Waals surface area contributed by atoms with E-state index in [4.69, 9.17) is 0 Å². The molecule has 7 aromatic carbocycles. The fourth-order valence-electron chi connectivity index (χ4n) is 10.2. The molecule has 6 heteroatoms. The van der Waals surface area contributed by atoms with Crippen molar-refractivity contribution in [2.24, 2.45) is 14.1 Å². The SMILES string of the molecule is Cc1c(-c2cccc[n+]2C)cccc1N(c1ccc(-c2ccc3c(c2)c2cc4c(cc2n3-c2ccccc2)c2ccccc2n4-c2ccccc2)s1)c1cccc(-c2cccc[n+]2C)c1C. The van der Waals surface area contributed by atoms with E-state index in [1.54, 1.807) is 0 Å². The van der Waals surface area contributed by atoms with Gasteiger partial charge in [0.15, 0.2) is 12.4 Å². The molecule has 66 heavy (non-hydrogen) atoms. The molecule has 0 N–H and O–H groups in total.